The Kier molecular flexibility index (Phi) is 9.05. The number of carbonyl (C=O) groups excluding carboxylic acids is 1. The molecule has 0 bridgehead atoms. The fourth-order valence-electron chi connectivity index (χ4n) is 3.27. The van der Waals surface area contributed by atoms with Crippen molar-refractivity contribution in [3.8, 4) is 17.6 Å². The van der Waals surface area contributed by atoms with Gasteiger partial charge in [0.05, 0.1) is 26.2 Å². The van der Waals surface area contributed by atoms with Crippen molar-refractivity contribution in [2.24, 2.45) is 0 Å². The van der Waals surface area contributed by atoms with Crippen molar-refractivity contribution in [1.82, 2.24) is 4.31 Å². The van der Waals surface area contributed by atoms with Crippen LogP contribution in [0.15, 0.2) is 47.4 Å². The average Bonchev–Trinajstić information content (AvgIpc) is 2.80. The van der Waals surface area contributed by atoms with E-state index in [1.165, 1.54) is 34.5 Å². The zero-order valence-corrected chi connectivity index (χ0v) is 19.7. The minimum absolute atomic E-state index is 0.0681. The number of anilines is 1. The molecule has 0 unspecified atom stereocenters. The topological polar surface area (TPSA) is 99.9 Å². The Bertz CT molecular complexity index is 1060. The lowest BCUT2D eigenvalue weighted by Gasteiger charge is -2.24. The number of hydrogen-bond acceptors (Lipinski definition) is 6. The molecule has 0 saturated carbocycles. The molecule has 0 N–H and O–H groups in total. The van der Waals surface area contributed by atoms with Gasteiger partial charge in [0.15, 0.2) is 0 Å². The van der Waals surface area contributed by atoms with Gasteiger partial charge < -0.3 is 14.4 Å². The Labute approximate surface area is 190 Å². The van der Waals surface area contributed by atoms with Crippen LogP contribution in [0.1, 0.15) is 37.6 Å². The molecule has 0 aliphatic heterocycles. The first-order valence-corrected chi connectivity index (χ1v) is 11.9. The van der Waals surface area contributed by atoms with E-state index in [-0.39, 0.29) is 29.2 Å². The number of rotatable bonds is 11. The van der Waals surface area contributed by atoms with Gasteiger partial charge in [0.25, 0.3) is 5.91 Å². The summed E-state index contributed by atoms with van der Waals surface area (Å²) in [5, 5.41) is 9.05. The first kappa shape index (κ1) is 25.2. The number of methoxy groups -OCH3 is 1. The first-order valence-electron chi connectivity index (χ1n) is 10.4. The molecule has 2 aromatic carbocycles. The summed E-state index contributed by atoms with van der Waals surface area (Å²) in [6.45, 7) is 6.64. The van der Waals surface area contributed by atoms with Crippen LogP contribution in [-0.2, 0) is 10.0 Å². The van der Waals surface area contributed by atoms with E-state index in [0.29, 0.717) is 31.1 Å². The Morgan fingerprint density at radius 3 is 2.25 bits per heavy atom. The summed E-state index contributed by atoms with van der Waals surface area (Å²) in [6.07, 6.45) is 0.125. The molecular weight excluding hydrogens is 430 g/mol. The van der Waals surface area contributed by atoms with Crippen LogP contribution in [0.4, 0.5) is 5.69 Å². The molecule has 0 radical (unpaired) electrons. The van der Waals surface area contributed by atoms with Gasteiger partial charge >= 0.3 is 0 Å². The zero-order chi connectivity index (χ0) is 23.7. The van der Waals surface area contributed by atoms with Crippen LogP contribution in [0, 0.1) is 11.3 Å². The number of hydrogen-bond donors (Lipinski definition) is 0. The van der Waals surface area contributed by atoms with E-state index in [2.05, 4.69) is 0 Å². The summed E-state index contributed by atoms with van der Waals surface area (Å²) in [5.41, 5.74) is 0.765. The minimum Gasteiger partial charge on any atom is -0.495 e. The molecule has 0 aliphatic rings. The van der Waals surface area contributed by atoms with E-state index in [9.17, 15) is 13.2 Å². The highest BCUT2D eigenvalue weighted by Crippen LogP contribution is 2.29. The lowest BCUT2D eigenvalue weighted by atomic mass is 10.1. The second-order valence-corrected chi connectivity index (χ2v) is 8.65. The Morgan fingerprint density at radius 1 is 1.06 bits per heavy atom. The fourth-order valence-corrected chi connectivity index (χ4v) is 4.91. The van der Waals surface area contributed by atoms with Gasteiger partial charge in [-0.05, 0) is 49.4 Å². The van der Waals surface area contributed by atoms with Crippen LogP contribution in [0.2, 0.25) is 0 Å². The van der Waals surface area contributed by atoms with E-state index in [0.717, 1.165) is 0 Å². The first-order chi connectivity index (χ1) is 15.3. The van der Waals surface area contributed by atoms with Crippen LogP contribution in [0.25, 0.3) is 0 Å². The maximum absolute atomic E-state index is 13.4. The predicted molar refractivity (Wildman–Crippen MR) is 123 cm³/mol. The minimum atomic E-state index is -3.85. The number of ether oxygens (including phenoxy) is 2. The van der Waals surface area contributed by atoms with Crippen LogP contribution in [-0.4, -0.2) is 52.0 Å². The SMILES string of the molecule is CCOc1ccc(N(CCC#N)C(=O)c2ccc(OC)c(S(=O)(=O)N(CC)CC)c2)cc1. The second-order valence-electron chi connectivity index (χ2n) is 6.75. The van der Waals surface area contributed by atoms with Crippen LogP contribution in [0.3, 0.4) is 0 Å². The quantitative estimate of drug-likeness (QED) is 0.508. The molecule has 1 amide bonds. The molecule has 0 aromatic heterocycles. The Hall–Kier alpha value is -3.09. The van der Waals surface area contributed by atoms with Gasteiger partial charge in [-0.2, -0.15) is 9.57 Å². The van der Waals surface area contributed by atoms with Gasteiger partial charge in [0.2, 0.25) is 10.0 Å². The number of nitrogens with zero attached hydrogens (tertiary/aromatic N) is 3. The van der Waals surface area contributed by atoms with Crippen molar-refractivity contribution >= 4 is 21.6 Å². The second kappa shape index (κ2) is 11.5. The predicted octanol–water partition coefficient (Wildman–Crippen LogP) is 3.68. The number of carbonyl (C=O) groups is 1. The van der Waals surface area contributed by atoms with Crippen molar-refractivity contribution in [2.45, 2.75) is 32.1 Å². The molecule has 0 spiro atoms. The number of nitriles is 1. The molecule has 9 heteroatoms. The molecular formula is C23H29N3O5S. The third-order valence-electron chi connectivity index (χ3n) is 4.89. The molecule has 32 heavy (non-hydrogen) atoms. The van der Waals surface area contributed by atoms with Crippen molar-refractivity contribution in [1.29, 1.82) is 5.26 Å². The van der Waals surface area contributed by atoms with E-state index in [1.54, 1.807) is 38.1 Å². The van der Waals surface area contributed by atoms with Gasteiger partial charge in [0.1, 0.15) is 16.4 Å². The Morgan fingerprint density at radius 2 is 1.72 bits per heavy atom. The molecule has 0 aliphatic carbocycles. The van der Waals surface area contributed by atoms with Gasteiger partial charge in [-0.1, -0.05) is 13.8 Å². The molecule has 172 valence electrons. The van der Waals surface area contributed by atoms with Crippen molar-refractivity contribution < 1.29 is 22.7 Å². The van der Waals surface area contributed by atoms with Crippen molar-refractivity contribution in [3.05, 3.63) is 48.0 Å². The fraction of sp³-hybridized carbons (Fsp3) is 0.391. The van der Waals surface area contributed by atoms with Crippen LogP contribution >= 0.6 is 0 Å². The number of benzene rings is 2. The van der Waals surface area contributed by atoms with Gasteiger partial charge in [0, 0.05) is 30.9 Å². The van der Waals surface area contributed by atoms with Gasteiger partial charge in [-0.15, -0.1) is 0 Å². The molecule has 0 heterocycles. The average molecular weight is 460 g/mol. The number of amides is 1. The number of sulfonamides is 1. The molecule has 0 saturated heterocycles. The lowest BCUT2D eigenvalue weighted by molar-refractivity contribution is 0.0987. The largest absolute Gasteiger partial charge is 0.495 e. The van der Waals surface area contributed by atoms with E-state index in [4.69, 9.17) is 14.7 Å². The highest BCUT2D eigenvalue weighted by molar-refractivity contribution is 7.89. The highest BCUT2D eigenvalue weighted by atomic mass is 32.2. The molecule has 2 aromatic rings. The third kappa shape index (κ3) is 5.58. The maximum Gasteiger partial charge on any atom is 0.258 e. The van der Waals surface area contributed by atoms with E-state index < -0.39 is 15.9 Å². The zero-order valence-electron chi connectivity index (χ0n) is 18.9. The summed E-state index contributed by atoms with van der Waals surface area (Å²) in [5.74, 6) is 0.419. The summed E-state index contributed by atoms with van der Waals surface area (Å²) in [4.78, 5) is 14.8. The van der Waals surface area contributed by atoms with Crippen LogP contribution < -0.4 is 14.4 Å². The van der Waals surface area contributed by atoms with Gasteiger partial charge in [-0.3, -0.25) is 4.79 Å². The summed E-state index contributed by atoms with van der Waals surface area (Å²) in [6, 6.07) is 13.3. The van der Waals surface area contributed by atoms with Crippen molar-refractivity contribution in [3.63, 3.8) is 0 Å². The summed E-state index contributed by atoms with van der Waals surface area (Å²) in [7, 11) is -2.46. The third-order valence-corrected chi connectivity index (χ3v) is 6.96. The summed E-state index contributed by atoms with van der Waals surface area (Å²) < 4.78 is 38.3. The van der Waals surface area contributed by atoms with E-state index >= 15 is 0 Å². The van der Waals surface area contributed by atoms with E-state index in [1.807, 2.05) is 13.0 Å². The molecule has 0 fully saturated rings. The highest BCUT2D eigenvalue weighted by Gasteiger charge is 2.28. The summed E-state index contributed by atoms with van der Waals surface area (Å²) >= 11 is 0. The lowest BCUT2D eigenvalue weighted by Crippen LogP contribution is -2.33. The normalized spacial score (nSPS) is 11.1. The standard InChI is InChI=1S/C23H29N3O5S/c1-5-25(6-2)32(28,29)22-17-18(9-14-21(22)30-4)23(27)26(16-8-15-24)19-10-12-20(13-11-19)31-7-3/h9-14,17H,5-8,16H2,1-4H3. The maximum atomic E-state index is 13.4. The smallest absolute Gasteiger partial charge is 0.258 e. The monoisotopic (exact) mass is 459 g/mol. The molecule has 8 nitrogen and oxygen atoms in total. The van der Waals surface area contributed by atoms with Crippen LogP contribution in [0.5, 0.6) is 11.5 Å². The van der Waals surface area contributed by atoms with Crippen molar-refractivity contribution in [2.75, 3.05) is 38.3 Å². The van der Waals surface area contributed by atoms with Gasteiger partial charge in [-0.25, -0.2) is 8.42 Å². The molecule has 0 atom stereocenters. The molecule has 2 rings (SSSR count). The Balaban J connectivity index is 2.51.